The first-order chi connectivity index (χ1) is 11.7. The van der Waals surface area contributed by atoms with Gasteiger partial charge < -0.3 is 0 Å². The van der Waals surface area contributed by atoms with Crippen molar-refractivity contribution in [2.45, 2.75) is 39.3 Å². The number of likely N-dealkylation sites (tertiary alicyclic amines) is 1. The molecule has 0 amide bonds. The normalized spacial score (nSPS) is 18.3. The third kappa shape index (κ3) is 2.89. The summed E-state index contributed by atoms with van der Waals surface area (Å²) in [6.07, 6.45) is 6.23. The van der Waals surface area contributed by atoms with Crippen LogP contribution in [0.5, 0.6) is 0 Å². The van der Waals surface area contributed by atoms with Crippen LogP contribution in [0.1, 0.15) is 40.8 Å². The Balaban J connectivity index is 1.61. The SMILES string of the molecule is Cc1ccsc1CN1CCC[C@H]1c1cccc(-n2ccnc2C)n1. The summed E-state index contributed by atoms with van der Waals surface area (Å²) in [6, 6.07) is 8.96. The Morgan fingerprint density at radius 1 is 1.25 bits per heavy atom. The van der Waals surface area contributed by atoms with Crippen LogP contribution in [0.25, 0.3) is 5.82 Å². The number of hydrogen-bond donors (Lipinski definition) is 0. The third-order valence-electron chi connectivity index (χ3n) is 4.85. The molecule has 0 radical (unpaired) electrons. The van der Waals surface area contributed by atoms with Crippen LogP contribution in [0.2, 0.25) is 0 Å². The molecule has 3 aromatic rings. The standard InChI is InChI=1S/C19H22N4S/c1-14-8-12-24-18(14)13-22-10-4-6-17(22)16-5-3-7-19(21-16)23-11-9-20-15(23)2/h3,5,7-9,11-12,17H,4,6,10,13H2,1-2H3/t17-/m0/s1. The lowest BCUT2D eigenvalue weighted by Gasteiger charge is -2.24. The molecule has 0 saturated carbocycles. The van der Waals surface area contributed by atoms with E-state index in [1.165, 1.54) is 29.0 Å². The van der Waals surface area contributed by atoms with Crippen molar-refractivity contribution in [2.24, 2.45) is 0 Å². The van der Waals surface area contributed by atoms with Gasteiger partial charge in [0, 0.05) is 23.8 Å². The van der Waals surface area contributed by atoms with E-state index < -0.39 is 0 Å². The van der Waals surface area contributed by atoms with Gasteiger partial charge in [-0.3, -0.25) is 9.47 Å². The largest absolute Gasteiger partial charge is 0.290 e. The van der Waals surface area contributed by atoms with E-state index in [0.29, 0.717) is 6.04 Å². The highest BCUT2D eigenvalue weighted by molar-refractivity contribution is 7.10. The first-order valence-electron chi connectivity index (χ1n) is 8.46. The molecule has 1 aliphatic heterocycles. The second kappa shape index (κ2) is 6.49. The highest BCUT2D eigenvalue weighted by Crippen LogP contribution is 2.33. The van der Waals surface area contributed by atoms with Crippen molar-refractivity contribution >= 4 is 11.3 Å². The first-order valence-corrected chi connectivity index (χ1v) is 9.34. The maximum absolute atomic E-state index is 4.94. The van der Waals surface area contributed by atoms with Gasteiger partial charge in [-0.15, -0.1) is 11.3 Å². The smallest absolute Gasteiger partial charge is 0.138 e. The van der Waals surface area contributed by atoms with Gasteiger partial charge in [0.05, 0.1) is 11.7 Å². The Morgan fingerprint density at radius 3 is 2.92 bits per heavy atom. The van der Waals surface area contributed by atoms with Crippen molar-refractivity contribution in [1.29, 1.82) is 0 Å². The predicted octanol–water partition coefficient (Wildman–Crippen LogP) is 4.28. The molecule has 1 fully saturated rings. The lowest BCUT2D eigenvalue weighted by molar-refractivity contribution is 0.246. The average molecular weight is 338 g/mol. The molecule has 1 saturated heterocycles. The summed E-state index contributed by atoms with van der Waals surface area (Å²) < 4.78 is 2.05. The minimum Gasteiger partial charge on any atom is -0.290 e. The number of aryl methyl sites for hydroxylation is 2. The van der Waals surface area contributed by atoms with Crippen LogP contribution in [0, 0.1) is 13.8 Å². The highest BCUT2D eigenvalue weighted by Gasteiger charge is 2.27. The summed E-state index contributed by atoms with van der Waals surface area (Å²) >= 11 is 1.86. The fraction of sp³-hybridized carbons (Fsp3) is 0.368. The summed E-state index contributed by atoms with van der Waals surface area (Å²) in [5.41, 5.74) is 2.58. The van der Waals surface area contributed by atoms with E-state index >= 15 is 0 Å². The number of imidazole rings is 1. The highest BCUT2D eigenvalue weighted by atomic mass is 32.1. The van der Waals surface area contributed by atoms with E-state index in [1.54, 1.807) is 0 Å². The first kappa shape index (κ1) is 15.5. The zero-order valence-electron chi connectivity index (χ0n) is 14.1. The summed E-state index contributed by atoms with van der Waals surface area (Å²) in [6.45, 7) is 6.40. The second-order valence-corrected chi connectivity index (χ2v) is 7.42. The lowest BCUT2D eigenvalue weighted by atomic mass is 10.1. The molecular formula is C19H22N4S. The summed E-state index contributed by atoms with van der Waals surface area (Å²) in [4.78, 5) is 13.3. The molecule has 0 unspecified atom stereocenters. The van der Waals surface area contributed by atoms with Gasteiger partial charge in [0.15, 0.2) is 0 Å². The van der Waals surface area contributed by atoms with Gasteiger partial charge in [0.25, 0.3) is 0 Å². The van der Waals surface area contributed by atoms with E-state index in [1.807, 2.05) is 35.2 Å². The topological polar surface area (TPSA) is 34.0 Å². The van der Waals surface area contributed by atoms with Crippen LogP contribution in [0.15, 0.2) is 42.0 Å². The zero-order valence-corrected chi connectivity index (χ0v) is 15.0. The molecule has 5 heteroatoms. The van der Waals surface area contributed by atoms with Crippen molar-refractivity contribution in [1.82, 2.24) is 19.4 Å². The minimum atomic E-state index is 0.412. The average Bonchev–Trinajstić information content (AvgIpc) is 3.31. The molecule has 1 atom stereocenters. The number of nitrogens with zero attached hydrogens (tertiary/aromatic N) is 4. The lowest BCUT2D eigenvalue weighted by Crippen LogP contribution is -2.23. The number of thiophene rings is 1. The molecule has 1 aliphatic rings. The zero-order chi connectivity index (χ0) is 16.5. The molecular weight excluding hydrogens is 316 g/mol. The number of aromatic nitrogens is 3. The maximum Gasteiger partial charge on any atom is 0.138 e. The van der Waals surface area contributed by atoms with Crippen molar-refractivity contribution in [3.63, 3.8) is 0 Å². The fourth-order valence-electron chi connectivity index (χ4n) is 3.48. The van der Waals surface area contributed by atoms with Crippen LogP contribution in [0.3, 0.4) is 0 Å². The Hall–Kier alpha value is -1.98. The van der Waals surface area contributed by atoms with Gasteiger partial charge in [-0.2, -0.15) is 0 Å². The van der Waals surface area contributed by atoms with Gasteiger partial charge in [-0.05, 0) is 62.4 Å². The van der Waals surface area contributed by atoms with E-state index in [0.717, 1.165) is 24.7 Å². The van der Waals surface area contributed by atoms with Crippen LogP contribution in [0.4, 0.5) is 0 Å². The fourth-order valence-corrected chi connectivity index (χ4v) is 4.41. The quantitative estimate of drug-likeness (QED) is 0.712. The third-order valence-corrected chi connectivity index (χ3v) is 5.86. The molecule has 3 aromatic heterocycles. The molecule has 124 valence electrons. The van der Waals surface area contributed by atoms with E-state index in [4.69, 9.17) is 4.98 Å². The minimum absolute atomic E-state index is 0.412. The Kier molecular flexibility index (Phi) is 4.21. The van der Waals surface area contributed by atoms with Crippen molar-refractivity contribution in [2.75, 3.05) is 6.54 Å². The van der Waals surface area contributed by atoms with Crippen LogP contribution in [-0.2, 0) is 6.54 Å². The predicted molar refractivity (Wildman–Crippen MR) is 97.5 cm³/mol. The van der Waals surface area contributed by atoms with Gasteiger partial charge in [-0.25, -0.2) is 9.97 Å². The molecule has 24 heavy (non-hydrogen) atoms. The van der Waals surface area contributed by atoms with E-state index in [9.17, 15) is 0 Å². The summed E-state index contributed by atoms with van der Waals surface area (Å²) in [7, 11) is 0. The molecule has 0 aromatic carbocycles. The Morgan fingerprint density at radius 2 is 2.17 bits per heavy atom. The molecule has 0 aliphatic carbocycles. The van der Waals surface area contributed by atoms with Gasteiger partial charge in [0.2, 0.25) is 0 Å². The summed E-state index contributed by atoms with van der Waals surface area (Å²) in [5, 5.41) is 2.19. The number of pyridine rings is 1. The second-order valence-electron chi connectivity index (χ2n) is 6.42. The molecule has 4 nitrogen and oxygen atoms in total. The molecule has 0 bridgehead atoms. The van der Waals surface area contributed by atoms with Gasteiger partial charge in [0.1, 0.15) is 11.6 Å². The van der Waals surface area contributed by atoms with Crippen molar-refractivity contribution in [3.8, 4) is 5.82 Å². The van der Waals surface area contributed by atoms with Gasteiger partial charge >= 0.3 is 0 Å². The monoisotopic (exact) mass is 338 g/mol. The van der Waals surface area contributed by atoms with E-state index in [2.05, 4.69) is 46.5 Å². The Bertz CT molecular complexity index is 835. The van der Waals surface area contributed by atoms with Crippen LogP contribution >= 0.6 is 11.3 Å². The van der Waals surface area contributed by atoms with Crippen LogP contribution in [-0.4, -0.2) is 26.0 Å². The molecule has 0 N–H and O–H groups in total. The number of rotatable bonds is 4. The molecule has 0 spiro atoms. The van der Waals surface area contributed by atoms with Crippen molar-refractivity contribution in [3.05, 3.63) is 64.0 Å². The van der Waals surface area contributed by atoms with Crippen molar-refractivity contribution < 1.29 is 0 Å². The Labute approximate surface area is 146 Å². The number of hydrogen-bond acceptors (Lipinski definition) is 4. The van der Waals surface area contributed by atoms with E-state index in [-0.39, 0.29) is 0 Å². The molecule has 4 heterocycles. The molecule has 4 rings (SSSR count). The maximum atomic E-state index is 4.94. The van der Waals surface area contributed by atoms with Gasteiger partial charge in [-0.1, -0.05) is 6.07 Å². The van der Waals surface area contributed by atoms with Crippen LogP contribution < -0.4 is 0 Å². The summed E-state index contributed by atoms with van der Waals surface area (Å²) in [5.74, 6) is 1.93.